The van der Waals surface area contributed by atoms with Crippen molar-refractivity contribution in [3.05, 3.63) is 53.5 Å². The molecule has 3 N–H and O–H groups in total. The molecule has 1 amide bonds. The van der Waals surface area contributed by atoms with Gasteiger partial charge in [0.2, 0.25) is 15.9 Å². The molecule has 1 fully saturated rings. The Hall–Kier alpha value is -3.12. The molecule has 2 aromatic heterocycles. The van der Waals surface area contributed by atoms with Gasteiger partial charge in [-0.25, -0.2) is 13.4 Å². The van der Waals surface area contributed by atoms with Gasteiger partial charge in [-0.2, -0.15) is 4.72 Å². The molecule has 5 rings (SSSR count). The van der Waals surface area contributed by atoms with Gasteiger partial charge in [-0.3, -0.25) is 4.79 Å². The highest BCUT2D eigenvalue weighted by Gasteiger charge is 2.32. The Kier molecular flexibility index (Phi) is 9.09. The van der Waals surface area contributed by atoms with Crippen LogP contribution in [0.5, 0.6) is 11.5 Å². The van der Waals surface area contributed by atoms with Crippen molar-refractivity contribution in [2.24, 2.45) is 5.92 Å². The number of nitrogen functional groups attached to an aromatic ring is 1. The summed E-state index contributed by atoms with van der Waals surface area (Å²) in [5.41, 5.74) is 6.05. The number of likely N-dealkylation sites (tertiary alicyclic amines) is 1. The molecule has 9 nitrogen and oxygen atoms in total. The van der Waals surface area contributed by atoms with Gasteiger partial charge in [-0.1, -0.05) is 13.0 Å². The topological polar surface area (TPSA) is 124 Å². The van der Waals surface area contributed by atoms with E-state index in [1.807, 2.05) is 12.1 Å². The largest absolute Gasteiger partial charge is 0.497 e. The average Bonchev–Trinajstić information content (AvgIpc) is 3.35. The van der Waals surface area contributed by atoms with Crippen molar-refractivity contribution in [3.8, 4) is 11.5 Å². The summed E-state index contributed by atoms with van der Waals surface area (Å²) in [6.45, 7) is 3.38. The number of carbonyl (C=O) groups excluding carboxylic acids is 1. The van der Waals surface area contributed by atoms with Crippen LogP contribution in [-0.2, 0) is 21.2 Å². The number of sulfonamides is 1. The Balaban J connectivity index is 0.00000370. The number of hydrogen-bond donors (Lipinski definition) is 2. The molecule has 2 aromatic carbocycles. The second kappa shape index (κ2) is 12.2. The highest BCUT2D eigenvalue weighted by molar-refractivity contribution is 7.89. The number of rotatable bonds is 8. The molecule has 12 heteroatoms. The Morgan fingerprint density at radius 2 is 1.88 bits per heavy atom. The molecule has 0 bridgehead atoms. The summed E-state index contributed by atoms with van der Waals surface area (Å²) in [6.07, 6.45) is 3.62. The van der Waals surface area contributed by atoms with Gasteiger partial charge >= 0.3 is 0 Å². The van der Waals surface area contributed by atoms with Crippen molar-refractivity contribution in [2.75, 3.05) is 33.0 Å². The lowest BCUT2D eigenvalue weighted by Crippen LogP contribution is -2.51. The standard InChI is InChI=1S/C28H32N4O5S2.ClH/c1-17-7-10-32(11-8-17)28(33)24(15-20-14-23-26(38-20)6-9-30-27(23)29)31-39(34,35)21-12-18-4-5-19(36-2)13-22(18)25(16-21)37-3;/h4-6,9,12-14,16-17,24,31H,7-8,10-11,15H2,1-3H3,(H2,29,30);1H. The van der Waals surface area contributed by atoms with Gasteiger partial charge in [0, 0.05) is 52.1 Å². The summed E-state index contributed by atoms with van der Waals surface area (Å²) >= 11 is 1.48. The molecular formula is C28H33ClN4O5S2. The third-order valence-electron chi connectivity index (χ3n) is 7.25. The van der Waals surface area contributed by atoms with Crippen molar-refractivity contribution in [1.29, 1.82) is 0 Å². The predicted molar refractivity (Wildman–Crippen MR) is 161 cm³/mol. The van der Waals surface area contributed by atoms with Gasteiger partial charge in [0.15, 0.2) is 0 Å². The number of aromatic nitrogens is 1. The van der Waals surface area contributed by atoms with Crippen LogP contribution in [0.1, 0.15) is 24.6 Å². The maximum absolute atomic E-state index is 13.7. The summed E-state index contributed by atoms with van der Waals surface area (Å²) in [5, 5.41) is 2.20. The second-order valence-corrected chi connectivity index (χ2v) is 12.8. The molecule has 0 spiro atoms. The van der Waals surface area contributed by atoms with Crippen molar-refractivity contribution >= 4 is 66.4 Å². The van der Waals surface area contributed by atoms with Crippen LogP contribution in [0.3, 0.4) is 0 Å². The SMILES string of the molecule is COc1ccc2cc(S(=O)(=O)NC(Cc3cc4c(N)nccc4s3)C(=O)N3CCC(C)CC3)cc(OC)c2c1.Cl. The molecule has 1 atom stereocenters. The number of nitrogens with one attached hydrogen (secondary N) is 1. The molecule has 1 aliphatic heterocycles. The van der Waals surface area contributed by atoms with Crippen LogP contribution < -0.4 is 19.9 Å². The van der Waals surface area contributed by atoms with Gasteiger partial charge in [-0.15, -0.1) is 23.7 Å². The second-order valence-electron chi connectivity index (χ2n) is 9.92. The molecule has 0 saturated carbocycles. The van der Waals surface area contributed by atoms with E-state index in [-0.39, 0.29) is 29.6 Å². The zero-order valence-corrected chi connectivity index (χ0v) is 25.0. The third-order valence-corrected chi connectivity index (χ3v) is 9.82. The normalized spacial score (nSPS) is 15.1. The van der Waals surface area contributed by atoms with Gasteiger partial charge in [0.25, 0.3) is 0 Å². The molecule has 0 aliphatic carbocycles. The van der Waals surface area contributed by atoms with E-state index in [2.05, 4.69) is 16.6 Å². The molecule has 0 radical (unpaired) electrons. The van der Waals surface area contributed by atoms with Crippen LogP contribution in [0, 0.1) is 5.92 Å². The number of methoxy groups -OCH3 is 2. The van der Waals surface area contributed by atoms with E-state index in [4.69, 9.17) is 15.2 Å². The van der Waals surface area contributed by atoms with Crippen LogP contribution in [-0.4, -0.2) is 57.6 Å². The van der Waals surface area contributed by atoms with E-state index in [9.17, 15) is 13.2 Å². The fourth-order valence-electron chi connectivity index (χ4n) is 4.95. The minimum atomic E-state index is -4.09. The Morgan fingerprint density at radius 1 is 1.12 bits per heavy atom. The van der Waals surface area contributed by atoms with Crippen molar-refractivity contribution < 1.29 is 22.7 Å². The highest BCUT2D eigenvalue weighted by Crippen LogP contribution is 2.33. The van der Waals surface area contributed by atoms with E-state index in [0.29, 0.717) is 41.7 Å². The number of pyridine rings is 1. The quantitative estimate of drug-likeness (QED) is 0.301. The molecule has 214 valence electrons. The lowest BCUT2D eigenvalue weighted by Gasteiger charge is -2.33. The first-order chi connectivity index (χ1) is 18.7. The zero-order valence-electron chi connectivity index (χ0n) is 22.5. The lowest BCUT2D eigenvalue weighted by atomic mass is 9.98. The first kappa shape index (κ1) is 29.9. The minimum absolute atomic E-state index is 0. The van der Waals surface area contributed by atoms with Gasteiger partial charge in [0.05, 0.1) is 19.1 Å². The predicted octanol–water partition coefficient (Wildman–Crippen LogP) is 4.62. The van der Waals surface area contributed by atoms with Gasteiger partial charge in [0.1, 0.15) is 23.4 Å². The van der Waals surface area contributed by atoms with Crippen LogP contribution in [0.25, 0.3) is 20.9 Å². The maximum atomic E-state index is 13.7. The van der Waals surface area contributed by atoms with Crippen molar-refractivity contribution in [2.45, 2.75) is 37.1 Å². The maximum Gasteiger partial charge on any atom is 0.241 e. The number of hydrogen-bond acceptors (Lipinski definition) is 8. The summed E-state index contributed by atoms with van der Waals surface area (Å²) in [4.78, 5) is 20.5. The first-order valence-electron chi connectivity index (χ1n) is 12.8. The monoisotopic (exact) mass is 604 g/mol. The molecule has 1 saturated heterocycles. The number of fused-ring (bicyclic) bond motifs is 2. The number of carbonyl (C=O) groups is 1. The Labute approximate surface area is 244 Å². The van der Waals surface area contributed by atoms with E-state index in [1.165, 1.54) is 24.5 Å². The number of nitrogens with zero attached hydrogens (tertiary/aromatic N) is 2. The smallest absolute Gasteiger partial charge is 0.241 e. The van der Waals surface area contributed by atoms with Gasteiger partial charge in [-0.05, 0) is 54.5 Å². The fraction of sp³-hybridized carbons (Fsp3) is 0.357. The van der Waals surface area contributed by atoms with Gasteiger partial charge < -0.3 is 20.1 Å². The van der Waals surface area contributed by atoms with E-state index < -0.39 is 16.1 Å². The highest BCUT2D eigenvalue weighted by atomic mass is 35.5. The number of piperidine rings is 1. The zero-order chi connectivity index (χ0) is 27.7. The number of nitrogens with two attached hydrogens (primary N) is 1. The van der Waals surface area contributed by atoms with E-state index >= 15 is 0 Å². The number of anilines is 1. The fourth-order valence-corrected chi connectivity index (χ4v) is 7.30. The molecule has 40 heavy (non-hydrogen) atoms. The summed E-state index contributed by atoms with van der Waals surface area (Å²) in [6, 6.07) is 11.2. The summed E-state index contributed by atoms with van der Waals surface area (Å²) in [7, 11) is -1.04. The average molecular weight is 605 g/mol. The molecule has 1 aliphatic rings. The molecular weight excluding hydrogens is 572 g/mol. The minimum Gasteiger partial charge on any atom is -0.497 e. The molecule has 4 aromatic rings. The molecule has 1 unspecified atom stereocenters. The number of benzene rings is 2. The summed E-state index contributed by atoms with van der Waals surface area (Å²) in [5.74, 6) is 1.74. The lowest BCUT2D eigenvalue weighted by molar-refractivity contribution is -0.134. The Morgan fingerprint density at radius 3 is 2.55 bits per heavy atom. The van der Waals surface area contributed by atoms with Crippen molar-refractivity contribution in [1.82, 2.24) is 14.6 Å². The first-order valence-corrected chi connectivity index (χ1v) is 15.1. The van der Waals surface area contributed by atoms with E-state index in [0.717, 1.165) is 33.2 Å². The van der Waals surface area contributed by atoms with Crippen LogP contribution in [0.4, 0.5) is 5.82 Å². The van der Waals surface area contributed by atoms with E-state index in [1.54, 1.807) is 42.5 Å². The number of ether oxygens (including phenoxy) is 2. The number of amides is 1. The van der Waals surface area contributed by atoms with Crippen LogP contribution >= 0.6 is 23.7 Å². The van der Waals surface area contributed by atoms with Crippen LogP contribution in [0.15, 0.2) is 53.6 Å². The third kappa shape index (κ3) is 6.12. The summed E-state index contributed by atoms with van der Waals surface area (Å²) < 4.78 is 42.0. The Bertz CT molecular complexity index is 1630. The van der Waals surface area contributed by atoms with Crippen molar-refractivity contribution in [3.63, 3.8) is 0 Å². The molecule has 3 heterocycles. The van der Waals surface area contributed by atoms with Crippen LogP contribution in [0.2, 0.25) is 0 Å². The number of halogens is 1. The number of thiophene rings is 1.